The third-order valence-electron chi connectivity index (χ3n) is 5.11. The standard InChI is InChI=1S/C21H14N4OS/c1-25-15-8-2-3-9-16(15)27-21(25)12-24-19-13-6-4-10-22-17(13)18-14(20(19)26-21)7-5-11-23-18/h2-12H,1H3. The predicted molar refractivity (Wildman–Crippen MR) is 109 cm³/mol. The summed E-state index contributed by atoms with van der Waals surface area (Å²) in [4.78, 5) is 17.3. The number of nitrogens with zero attached hydrogens (tertiary/aromatic N) is 4. The van der Waals surface area contributed by atoms with E-state index in [1.165, 1.54) is 4.90 Å². The lowest BCUT2D eigenvalue weighted by Crippen LogP contribution is -2.48. The van der Waals surface area contributed by atoms with Crippen LogP contribution in [0.25, 0.3) is 21.8 Å². The first-order chi connectivity index (χ1) is 13.3. The highest BCUT2D eigenvalue weighted by Gasteiger charge is 2.46. The van der Waals surface area contributed by atoms with Gasteiger partial charge in [0.05, 0.1) is 17.4 Å². The molecule has 0 amide bonds. The maximum absolute atomic E-state index is 6.67. The van der Waals surface area contributed by atoms with Crippen LogP contribution >= 0.6 is 11.8 Å². The van der Waals surface area contributed by atoms with Gasteiger partial charge in [-0.25, -0.2) is 4.99 Å². The van der Waals surface area contributed by atoms with Gasteiger partial charge < -0.3 is 9.64 Å². The third kappa shape index (κ3) is 1.93. The summed E-state index contributed by atoms with van der Waals surface area (Å²) in [5.41, 5.74) is 3.64. The fraction of sp³-hybridized carbons (Fsp3) is 0.0952. The average Bonchev–Trinajstić information content (AvgIpc) is 3.00. The molecule has 0 saturated heterocycles. The molecule has 0 fully saturated rings. The number of rotatable bonds is 0. The molecule has 4 heterocycles. The van der Waals surface area contributed by atoms with Gasteiger partial charge >= 0.3 is 0 Å². The summed E-state index contributed by atoms with van der Waals surface area (Å²) < 4.78 is 6.67. The van der Waals surface area contributed by atoms with Crippen LogP contribution in [0, 0.1) is 0 Å². The Labute approximate surface area is 159 Å². The Balaban J connectivity index is 1.63. The lowest BCUT2D eigenvalue weighted by molar-refractivity contribution is 0.242. The van der Waals surface area contributed by atoms with Gasteiger partial charge in [-0.05, 0) is 48.2 Å². The van der Waals surface area contributed by atoms with Crippen LogP contribution in [0.2, 0.25) is 0 Å². The number of hydrogen-bond donors (Lipinski definition) is 0. The first-order valence-electron chi connectivity index (χ1n) is 8.68. The lowest BCUT2D eigenvalue weighted by Gasteiger charge is -2.36. The number of benzene rings is 2. The van der Waals surface area contributed by atoms with Crippen LogP contribution in [-0.4, -0.2) is 28.3 Å². The van der Waals surface area contributed by atoms with Crippen molar-refractivity contribution in [3.05, 3.63) is 60.9 Å². The highest BCUT2D eigenvalue weighted by molar-refractivity contribution is 8.01. The predicted octanol–water partition coefficient (Wildman–Crippen LogP) is 4.77. The summed E-state index contributed by atoms with van der Waals surface area (Å²) in [6.45, 7) is 0. The number of ether oxygens (including phenoxy) is 1. The molecule has 0 aliphatic carbocycles. The van der Waals surface area contributed by atoms with E-state index < -0.39 is 5.06 Å². The van der Waals surface area contributed by atoms with Gasteiger partial charge in [0, 0.05) is 35.1 Å². The molecular formula is C21H14N4OS. The van der Waals surface area contributed by atoms with Gasteiger partial charge in [-0.3, -0.25) is 9.97 Å². The van der Waals surface area contributed by atoms with E-state index in [-0.39, 0.29) is 0 Å². The Morgan fingerprint density at radius 3 is 2.48 bits per heavy atom. The minimum absolute atomic E-state index is 0.699. The number of aromatic nitrogens is 2. The van der Waals surface area contributed by atoms with Gasteiger partial charge in [-0.1, -0.05) is 12.1 Å². The van der Waals surface area contributed by atoms with Gasteiger partial charge in [0.25, 0.3) is 5.06 Å². The van der Waals surface area contributed by atoms with E-state index in [1.807, 2.05) is 49.7 Å². The van der Waals surface area contributed by atoms with Crippen LogP contribution in [0.1, 0.15) is 0 Å². The second-order valence-corrected chi connectivity index (χ2v) is 7.83. The molecule has 0 N–H and O–H groups in total. The molecule has 5 nitrogen and oxygen atoms in total. The van der Waals surface area contributed by atoms with Crippen molar-refractivity contribution in [3.63, 3.8) is 0 Å². The Morgan fingerprint density at radius 1 is 0.926 bits per heavy atom. The largest absolute Gasteiger partial charge is 0.450 e. The van der Waals surface area contributed by atoms with E-state index in [1.54, 1.807) is 24.2 Å². The average molecular weight is 370 g/mol. The molecule has 1 spiro atoms. The summed E-state index contributed by atoms with van der Waals surface area (Å²) in [6, 6.07) is 16.2. The summed E-state index contributed by atoms with van der Waals surface area (Å²) in [5.74, 6) is 0.758. The molecule has 2 aromatic heterocycles. The zero-order valence-corrected chi connectivity index (χ0v) is 15.3. The van der Waals surface area contributed by atoms with Crippen LogP contribution in [0.3, 0.4) is 0 Å². The Bertz CT molecular complexity index is 1270. The fourth-order valence-corrected chi connectivity index (χ4v) is 5.02. The highest BCUT2D eigenvalue weighted by Crippen LogP contribution is 2.54. The van der Waals surface area contributed by atoms with Gasteiger partial charge in [0.2, 0.25) is 0 Å². The third-order valence-corrected chi connectivity index (χ3v) is 6.43. The number of aliphatic imine (C=N–C) groups is 1. The SMILES string of the molecule is CN1c2ccccc2SC12C=Nc1c(c3cccnc3c3ncccc13)O2. The van der Waals surface area contributed by atoms with Gasteiger partial charge in [-0.2, -0.15) is 0 Å². The number of anilines is 1. The Morgan fingerprint density at radius 2 is 1.67 bits per heavy atom. The molecule has 4 aromatic rings. The molecule has 130 valence electrons. The summed E-state index contributed by atoms with van der Waals surface area (Å²) in [5, 5.41) is 1.18. The molecule has 2 aliphatic heterocycles. The van der Waals surface area contributed by atoms with Crippen LogP contribution in [0.5, 0.6) is 5.75 Å². The van der Waals surface area contributed by atoms with E-state index in [9.17, 15) is 0 Å². The Kier molecular flexibility index (Phi) is 2.89. The van der Waals surface area contributed by atoms with E-state index in [2.05, 4.69) is 27.0 Å². The Hall–Kier alpha value is -3.12. The minimum Gasteiger partial charge on any atom is -0.450 e. The van der Waals surface area contributed by atoms with Gasteiger partial charge in [0.15, 0.2) is 5.75 Å². The molecule has 0 bridgehead atoms. The van der Waals surface area contributed by atoms with Crippen molar-refractivity contribution in [2.75, 3.05) is 11.9 Å². The van der Waals surface area contributed by atoms with Crippen LogP contribution in [-0.2, 0) is 0 Å². The van der Waals surface area contributed by atoms with E-state index in [0.717, 1.165) is 38.9 Å². The first-order valence-corrected chi connectivity index (χ1v) is 9.50. The zero-order valence-electron chi connectivity index (χ0n) is 14.5. The topological polar surface area (TPSA) is 50.6 Å². The molecule has 27 heavy (non-hydrogen) atoms. The van der Waals surface area contributed by atoms with Crippen molar-refractivity contribution in [3.8, 4) is 5.75 Å². The lowest BCUT2D eigenvalue weighted by atomic mass is 10.1. The minimum atomic E-state index is -0.699. The molecule has 0 radical (unpaired) electrons. The van der Waals surface area contributed by atoms with Gasteiger partial charge in [0.1, 0.15) is 11.2 Å². The number of fused-ring (bicyclic) bond motifs is 7. The maximum Gasteiger partial charge on any atom is 0.273 e. The van der Waals surface area contributed by atoms with Gasteiger partial charge in [-0.15, -0.1) is 0 Å². The van der Waals surface area contributed by atoms with E-state index in [0.29, 0.717) is 0 Å². The number of pyridine rings is 2. The van der Waals surface area contributed by atoms with Crippen LogP contribution in [0.4, 0.5) is 11.4 Å². The number of para-hydroxylation sites is 1. The fourth-order valence-electron chi connectivity index (χ4n) is 3.78. The first kappa shape index (κ1) is 15.0. The number of thioether (sulfide) groups is 1. The van der Waals surface area contributed by atoms with Crippen molar-refractivity contribution in [2.45, 2.75) is 9.95 Å². The van der Waals surface area contributed by atoms with E-state index in [4.69, 9.17) is 9.73 Å². The summed E-state index contributed by atoms with van der Waals surface area (Å²) >= 11 is 1.66. The maximum atomic E-state index is 6.67. The van der Waals surface area contributed by atoms with Crippen molar-refractivity contribution >= 4 is 51.2 Å². The molecule has 1 unspecified atom stereocenters. The zero-order chi connectivity index (χ0) is 18.0. The second kappa shape index (κ2) is 5.20. The van der Waals surface area contributed by atoms with Crippen molar-refractivity contribution in [1.82, 2.24) is 9.97 Å². The summed E-state index contributed by atoms with van der Waals surface area (Å²) in [7, 11) is 2.04. The van der Waals surface area contributed by atoms with Crippen molar-refractivity contribution in [2.24, 2.45) is 4.99 Å². The molecule has 2 aromatic carbocycles. The number of hydrogen-bond acceptors (Lipinski definition) is 6. The van der Waals surface area contributed by atoms with Crippen molar-refractivity contribution < 1.29 is 4.74 Å². The van der Waals surface area contributed by atoms with Crippen molar-refractivity contribution in [1.29, 1.82) is 0 Å². The molecule has 0 saturated carbocycles. The molecule has 2 aliphatic rings. The second-order valence-electron chi connectivity index (χ2n) is 6.60. The van der Waals surface area contributed by atoms with Crippen LogP contribution < -0.4 is 9.64 Å². The smallest absolute Gasteiger partial charge is 0.273 e. The molecule has 6 heteroatoms. The molecular weight excluding hydrogens is 356 g/mol. The van der Waals surface area contributed by atoms with E-state index >= 15 is 0 Å². The monoisotopic (exact) mass is 370 g/mol. The quantitative estimate of drug-likeness (QED) is 0.417. The summed E-state index contributed by atoms with van der Waals surface area (Å²) in [6.07, 6.45) is 5.47. The van der Waals surface area contributed by atoms with Crippen LogP contribution in [0.15, 0.2) is 70.8 Å². The highest BCUT2D eigenvalue weighted by atomic mass is 32.2. The normalized spacial score (nSPS) is 20.1. The molecule has 6 rings (SSSR count). The molecule has 1 atom stereocenters.